The number of aliphatic carboxylic acids is 1. The molecule has 0 bridgehead atoms. The molecule has 0 aliphatic heterocycles. The number of carboxylic acids is 1. The third kappa shape index (κ3) is 12.3. The molecule has 17 heavy (non-hydrogen) atoms. The number of allylic oxidation sites excluding steroid dienone is 4. The molecule has 0 aromatic carbocycles. The highest BCUT2D eigenvalue weighted by molar-refractivity contribution is 5.66. The predicted octanol–water partition coefficient (Wildman–Crippen LogP) is 1.86. The molecule has 4 nitrogen and oxygen atoms in total. The van der Waals surface area contributed by atoms with Gasteiger partial charge >= 0.3 is 5.97 Å². The molecule has 2 N–H and O–H groups in total. The molecule has 94 valence electrons. The third-order valence-corrected chi connectivity index (χ3v) is 1.92. The van der Waals surface area contributed by atoms with Crippen molar-refractivity contribution >= 4 is 12.3 Å². The van der Waals surface area contributed by atoms with Gasteiger partial charge in [-0.3, -0.25) is 9.59 Å². The van der Waals surface area contributed by atoms with Crippen molar-refractivity contribution in [3.05, 3.63) is 36.5 Å². The fourth-order valence-electron chi connectivity index (χ4n) is 1.08. The summed E-state index contributed by atoms with van der Waals surface area (Å²) in [5, 5.41) is 17.7. The van der Waals surface area contributed by atoms with Crippen LogP contribution in [0.1, 0.15) is 25.7 Å². The highest BCUT2D eigenvalue weighted by atomic mass is 16.4. The SMILES string of the molecule is O=CC=CC(O)CC=CCC=CCCC(=O)O. The number of aldehydes is 1. The maximum Gasteiger partial charge on any atom is 0.303 e. The predicted molar refractivity (Wildman–Crippen MR) is 65.6 cm³/mol. The van der Waals surface area contributed by atoms with Crippen molar-refractivity contribution in [1.29, 1.82) is 0 Å². The molecule has 1 atom stereocenters. The van der Waals surface area contributed by atoms with Crippen LogP contribution in [0.15, 0.2) is 36.5 Å². The van der Waals surface area contributed by atoms with Gasteiger partial charge < -0.3 is 10.2 Å². The summed E-state index contributed by atoms with van der Waals surface area (Å²) < 4.78 is 0. The molecule has 0 rings (SSSR count). The van der Waals surface area contributed by atoms with Gasteiger partial charge in [0.05, 0.1) is 6.10 Å². The normalized spacial score (nSPS) is 13.7. The fraction of sp³-hybridized carbons (Fsp3) is 0.385. The first-order chi connectivity index (χ1) is 8.16. The summed E-state index contributed by atoms with van der Waals surface area (Å²) >= 11 is 0. The summed E-state index contributed by atoms with van der Waals surface area (Å²) in [6.07, 6.45) is 12.0. The number of carbonyl (C=O) groups is 2. The third-order valence-electron chi connectivity index (χ3n) is 1.92. The summed E-state index contributed by atoms with van der Waals surface area (Å²) in [6.45, 7) is 0. The van der Waals surface area contributed by atoms with E-state index >= 15 is 0 Å². The van der Waals surface area contributed by atoms with E-state index in [1.54, 1.807) is 0 Å². The minimum atomic E-state index is -0.796. The maximum absolute atomic E-state index is 10.2. The summed E-state index contributed by atoms with van der Waals surface area (Å²) in [6, 6.07) is 0. The van der Waals surface area contributed by atoms with Crippen LogP contribution in [-0.4, -0.2) is 28.6 Å². The van der Waals surface area contributed by atoms with Crippen LogP contribution in [0.5, 0.6) is 0 Å². The second-order valence-corrected chi connectivity index (χ2v) is 3.43. The van der Waals surface area contributed by atoms with E-state index in [1.807, 2.05) is 24.3 Å². The van der Waals surface area contributed by atoms with Crippen LogP contribution >= 0.6 is 0 Å². The first-order valence-electron chi connectivity index (χ1n) is 5.48. The Morgan fingerprint density at radius 3 is 2.53 bits per heavy atom. The van der Waals surface area contributed by atoms with Crippen molar-refractivity contribution in [2.45, 2.75) is 31.8 Å². The first-order valence-corrected chi connectivity index (χ1v) is 5.48. The van der Waals surface area contributed by atoms with Crippen LogP contribution in [0.25, 0.3) is 0 Å². The number of hydrogen-bond donors (Lipinski definition) is 2. The highest BCUT2D eigenvalue weighted by Gasteiger charge is 1.93. The summed E-state index contributed by atoms with van der Waals surface area (Å²) in [5.41, 5.74) is 0. The zero-order chi connectivity index (χ0) is 12.9. The van der Waals surface area contributed by atoms with Crippen LogP contribution < -0.4 is 0 Å². The van der Waals surface area contributed by atoms with Crippen LogP contribution in [0.2, 0.25) is 0 Å². The van der Waals surface area contributed by atoms with Crippen molar-refractivity contribution in [1.82, 2.24) is 0 Å². The number of aliphatic hydroxyl groups is 1. The van der Waals surface area contributed by atoms with Gasteiger partial charge in [0.2, 0.25) is 0 Å². The van der Waals surface area contributed by atoms with E-state index in [2.05, 4.69) is 0 Å². The van der Waals surface area contributed by atoms with Crippen molar-refractivity contribution in [3.8, 4) is 0 Å². The quantitative estimate of drug-likeness (QED) is 0.365. The number of aliphatic hydroxyl groups excluding tert-OH is 1. The van der Waals surface area contributed by atoms with Crippen molar-refractivity contribution < 1.29 is 19.8 Å². The van der Waals surface area contributed by atoms with Gasteiger partial charge in [-0.25, -0.2) is 0 Å². The highest BCUT2D eigenvalue weighted by Crippen LogP contribution is 1.98. The van der Waals surface area contributed by atoms with E-state index in [-0.39, 0.29) is 6.42 Å². The molecule has 0 aromatic rings. The Labute approximate surface area is 101 Å². The zero-order valence-electron chi connectivity index (χ0n) is 9.66. The molecule has 0 fully saturated rings. The van der Waals surface area contributed by atoms with Gasteiger partial charge in [0.15, 0.2) is 0 Å². The molecule has 0 amide bonds. The molecule has 0 saturated heterocycles. The Bertz CT molecular complexity index is 303. The van der Waals surface area contributed by atoms with E-state index in [0.717, 1.165) is 0 Å². The van der Waals surface area contributed by atoms with E-state index in [0.29, 0.717) is 25.5 Å². The van der Waals surface area contributed by atoms with Gasteiger partial charge in [-0.15, -0.1) is 0 Å². The van der Waals surface area contributed by atoms with E-state index in [9.17, 15) is 14.7 Å². The lowest BCUT2D eigenvalue weighted by atomic mass is 10.2. The van der Waals surface area contributed by atoms with Crippen molar-refractivity contribution in [3.63, 3.8) is 0 Å². The van der Waals surface area contributed by atoms with Crippen molar-refractivity contribution in [2.75, 3.05) is 0 Å². The Balaban J connectivity index is 3.57. The van der Waals surface area contributed by atoms with E-state index in [4.69, 9.17) is 5.11 Å². The number of rotatable bonds is 9. The molecule has 0 radical (unpaired) electrons. The molecule has 0 aliphatic carbocycles. The number of carboxylic acid groups (broad SMARTS) is 1. The van der Waals surface area contributed by atoms with Gasteiger partial charge in [-0.1, -0.05) is 30.4 Å². The molecule has 0 aromatic heterocycles. The van der Waals surface area contributed by atoms with Gasteiger partial charge in [0.1, 0.15) is 6.29 Å². The summed E-state index contributed by atoms with van der Waals surface area (Å²) in [7, 11) is 0. The minimum absolute atomic E-state index is 0.148. The molecule has 1 unspecified atom stereocenters. The smallest absolute Gasteiger partial charge is 0.303 e. The minimum Gasteiger partial charge on any atom is -0.481 e. The molecular formula is C13H18O4. The van der Waals surface area contributed by atoms with E-state index in [1.165, 1.54) is 12.2 Å². The van der Waals surface area contributed by atoms with Gasteiger partial charge in [0, 0.05) is 6.42 Å². The molecule has 0 saturated carbocycles. The standard InChI is InChI=1S/C13H18O4/c14-11-7-9-12(15)8-5-3-1-2-4-6-10-13(16)17/h2-5,7,9,11-12,15H,1,6,8,10H2,(H,16,17). The van der Waals surface area contributed by atoms with Crippen LogP contribution in [-0.2, 0) is 9.59 Å². The topological polar surface area (TPSA) is 74.6 Å². The Morgan fingerprint density at radius 2 is 1.88 bits per heavy atom. The average Bonchev–Trinajstić information content (AvgIpc) is 2.29. The molecule has 0 aliphatic rings. The average molecular weight is 238 g/mol. The van der Waals surface area contributed by atoms with Crippen LogP contribution in [0.4, 0.5) is 0 Å². The Morgan fingerprint density at radius 1 is 1.18 bits per heavy atom. The maximum atomic E-state index is 10.2. The Kier molecular flexibility index (Phi) is 9.76. The lowest BCUT2D eigenvalue weighted by molar-refractivity contribution is -0.136. The van der Waals surface area contributed by atoms with Gasteiger partial charge in [-0.05, 0) is 25.3 Å². The second-order valence-electron chi connectivity index (χ2n) is 3.43. The van der Waals surface area contributed by atoms with Crippen LogP contribution in [0.3, 0.4) is 0 Å². The van der Waals surface area contributed by atoms with Crippen LogP contribution in [0, 0.1) is 0 Å². The summed E-state index contributed by atoms with van der Waals surface area (Å²) in [4.78, 5) is 20.2. The summed E-state index contributed by atoms with van der Waals surface area (Å²) in [5.74, 6) is -0.796. The fourth-order valence-corrected chi connectivity index (χ4v) is 1.08. The van der Waals surface area contributed by atoms with Gasteiger partial charge in [-0.2, -0.15) is 0 Å². The number of hydrogen-bond acceptors (Lipinski definition) is 3. The molecule has 0 spiro atoms. The first kappa shape index (κ1) is 15.3. The van der Waals surface area contributed by atoms with Gasteiger partial charge in [0.25, 0.3) is 0 Å². The second kappa shape index (κ2) is 10.8. The van der Waals surface area contributed by atoms with Crippen molar-refractivity contribution in [2.24, 2.45) is 0 Å². The van der Waals surface area contributed by atoms with E-state index < -0.39 is 12.1 Å². The zero-order valence-corrected chi connectivity index (χ0v) is 9.66. The number of carbonyl (C=O) groups excluding carboxylic acids is 1. The lowest BCUT2D eigenvalue weighted by Gasteiger charge is -1.98. The molecule has 4 heteroatoms. The Hall–Kier alpha value is -1.68. The lowest BCUT2D eigenvalue weighted by Crippen LogP contribution is -1.98. The molecular weight excluding hydrogens is 220 g/mol. The largest absolute Gasteiger partial charge is 0.481 e. The monoisotopic (exact) mass is 238 g/mol. The molecule has 0 heterocycles.